The number of benzene rings is 2. The first kappa shape index (κ1) is 15.1. The Labute approximate surface area is 125 Å². The van der Waals surface area contributed by atoms with Gasteiger partial charge in [0.25, 0.3) is 0 Å². The van der Waals surface area contributed by atoms with Crippen LogP contribution in [0.2, 0.25) is 0 Å². The van der Waals surface area contributed by atoms with Gasteiger partial charge in [-0.3, -0.25) is 0 Å². The summed E-state index contributed by atoms with van der Waals surface area (Å²) in [6, 6.07) is 16.3. The number of nitrogens with one attached hydrogen (secondary N) is 1. The highest BCUT2D eigenvalue weighted by atomic mass is 19.1. The molecule has 1 N–H and O–H groups in total. The van der Waals surface area contributed by atoms with Gasteiger partial charge in [0.05, 0.1) is 17.7 Å². The lowest BCUT2D eigenvalue weighted by Crippen LogP contribution is -2.11. The SMILES string of the molecule is CCCCC(Nc1cccc(C#N)c1)c1ccc(F)cc1. The van der Waals surface area contributed by atoms with Crippen LogP contribution in [-0.2, 0) is 0 Å². The Kier molecular flexibility index (Phi) is 5.34. The van der Waals surface area contributed by atoms with Gasteiger partial charge in [0.1, 0.15) is 5.82 Å². The van der Waals surface area contributed by atoms with E-state index in [1.807, 2.05) is 30.3 Å². The van der Waals surface area contributed by atoms with E-state index in [9.17, 15) is 4.39 Å². The van der Waals surface area contributed by atoms with Crippen molar-refractivity contribution >= 4 is 5.69 Å². The molecule has 2 aromatic carbocycles. The van der Waals surface area contributed by atoms with E-state index in [0.29, 0.717) is 5.56 Å². The molecule has 0 aliphatic carbocycles. The van der Waals surface area contributed by atoms with Crippen LogP contribution in [0.5, 0.6) is 0 Å². The van der Waals surface area contributed by atoms with Gasteiger partial charge in [0.2, 0.25) is 0 Å². The van der Waals surface area contributed by atoms with Crippen molar-refractivity contribution in [1.82, 2.24) is 0 Å². The minimum atomic E-state index is -0.223. The monoisotopic (exact) mass is 282 g/mol. The third-order valence-corrected chi connectivity index (χ3v) is 3.45. The highest BCUT2D eigenvalue weighted by Crippen LogP contribution is 2.25. The first-order valence-corrected chi connectivity index (χ1v) is 7.25. The fourth-order valence-corrected chi connectivity index (χ4v) is 2.31. The van der Waals surface area contributed by atoms with E-state index in [2.05, 4.69) is 18.3 Å². The predicted molar refractivity (Wildman–Crippen MR) is 83.4 cm³/mol. The molecule has 3 heteroatoms. The molecule has 1 unspecified atom stereocenters. The van der Waals surface area contributed by atoms with Crippen molar-refractivity contribution in [3.63, 3.8) is 0 Å². The minimum absolute atomic E-state index is 0.125. The topological polar surface area (TPSA) is 35.8 Å². The van der Waals surface area contributed by atoms with Gasteiger partial charge in [0.15, 0.2) is 0 Å². The van der Waals surface area contributed by atoms with Crippen LogP contribution in [0.4, 0.5) is 10.1 Å². The van der Waals surface area contributed by atoms with E-state index >= 15 is 0 Å². The van der Waals surface area contributed by atoms with Crippen molar-refractivity contribution in [3.05, 3.63) is 65.5 Å². The molecule has 0 saturated carbocycles. The predicted octanol–water partition coefficient (Wildman–Crippen LogP) is 5.04. The van der Waals surface area contributed by atoms with Gasteiger partial charge >= 0.3 is 0 Å². The van der Waals surface area contributed by atoms with Crippen LogP contribution in [0.3, 0.4) is 0 Å². The normalized spacial score (nSPS) is 11.7. The summed E-state index contributed by atoms with van der Waals surface area (Å²) in [5.41, 5.74) is 2.61. The molecule has 2 rings (SSSR count). The van der Waals surface area contributed by atoms with Crippen LogP contribution in [-0.4, -0.2) is 0 Å². The summed E-state index contributed by atoms with van der Waals surface area (Å²) < 4.78 is 13.1. The summed E-state index contributed by atoms with van der Waals surface area (Å²) >= 11 is 0. The summed E-state index contributed by atoms with van der Waals surface area (Å²) in [7, 11) is 0. The van der Waals surface area contributed by atoms with Crippen molar-refractivity contribution < 1.29 is 4.39 Å². The van der Waals surface area contributed by atoms with Crippen LogP contribution in [0, 0.1) is 17.1 Å². The number of nitriles is 1. The quantitative estimate of drug-likeness (QED) is 0.805. The number of anilines is 1. The number of hydrogen-bond donors (Lipinski definition) is 1. The third kappa shape index (κ3) is 4.32. The average Bonchev–Trinajstić information content (AvgIpc) is 2.52. The highest BCUT2D eigenvalue weighted by Gasteiger charge is 2.11. The van der Waals surface area contributed by atoms with E-state index in [-0.39, 0.29) is 11.9 Å². The zero-order valence-corrected chi connectivity index (χ0v) is 12.1. The second kappa shape index (κ2) is 7.44. The third-order valence-electron chi connectivity index (χ3n) is 3.45. The fraction of sp³-hybridized carbons (Fsp3) is 0.278. The molecule has 0 fully saturated rings. The summed E-state index contributed by atoms with van der Waals surface area (Å²) in [6.07, 6.45) is 3.17. The number of rotatable bonds is 6. The van der Waals surface area contributed by atoms with Crippen LogP contribution in [0.1, 0.15) is 43.4 Å². The zero-order valence-electron chi connectivity index (χ0n) is 12.1. The molecule has 2 aromatic rings. The second-order valence-electron chi connectivity index (χ2n) is 5.08. The standard InChI is InChI=1S/C18H19FN2/c1-2-3-7-18(15-8-10-16(19)11-9-15)21-17-6-4-5-14(12-17)13-20/h4-6,8-12,18,21H,2-3,7H2,1H3. The Bertz CT molecular complexity index is 614. The van der Waals surface area contributed by atoms with Crippen molar-refractivity contribution in [3.8, 4) is 6.07 Å². The molecule has 0 radical (unpaired) electrons. The van der Waals surface area contributed by atoms with Gasteiger partial charge in [-0.15, -0.1) is 0 Å². The summed E-state index contributed by atoms with van der Waals surface area (Å²) in [4.78, 5) is 0. The summed E-state index contributed by atoms with van der Waals surface area (Å²) in [5, 5.41) is 12.4. The van der Waals surface area contributed by atoms with Crippen LogP contribution >= 0.6 is 0 Å². The molecule has 0 aromatic heterocycles. The molecular weight excluding hydrogens is 263 g/mol. The molecule has 1 atom stereocenters. The Hall–Kier alpha value is -2.34. The van der Waals surface area contributed by atoms with Crippen LogP contribution < -0.4 is 5.32 Å². The minimum Gasteiger partial charge on any atom is -0.378 e. The molecule has 0 aliphatic rings. The number of halogens is 1. The summed E-state index contributed by atoms with van der Waals surface area (Å²) in [5.74, 6) is -0.223. The molecule has 0 saturated heterocycles. The Morgan fingerprint density at radius 3 is 2.62 bits per heavy atom. The van der Waals surface area contributed by atoms with E-state index in [0.717, 1.165) is 30.5 Å². The largest absolute Gasteiger partial charge is 0.378 e. The molecular formula is C18H19FN2. The maximum Gasteiger partial charge on any atom is 0.123 e. The molecule has 0 bridgehead atoms. The van der Waals surface area contributed by atoms with Gasteiger partial charge in [-0.05, 0) is 42.3 Å². The molecule has 108 valence electrons. The molecule has 2 nitrogen and oxygen atoms in total. The second-order valence-corrected chi connectivity index (χ2v) is 5.08. The molecule has 0 aliphatic heterocycles. The first-order chi connectivity index (χ1) is 10.2. The van der Waals surface area contributed by atoms with E-state index < -0.39 is 0 Å². The van der Waals surface area contributed by atoms with Gasteiger partial charge in [-0.2, -0.15) is 5.26 Å². The van der Waals surface area contributed by atoms with Crippen LogP contribution in [0.15, 0.2) is 48.5 Å². The maximum atomic E-state index is 13.1. The van der Waals surface area contributed by atoms with Crippen molar-refractivity contribution in [2.45, 2.75) is 32.2 Å². The zero-order chi connectivity index (χ0) is 15.1. The first-order valence-electron chi connectivity index (χ1n) is 7.25. The van der Waals surface area contributed by atoms with E-state index in [1.54, 1.807) is 6.07 Å². The Morgan fingerprint density at radius 2 is 1.95 bits per heavy atom. The van der Waals surface area contributed by atoms with Crippen molar-refractivity contribution in [2.24, 2.45) is 0 Å². The molecule has 0 spiro atoms. The van der Waals surface area contributed by atoms with Crippen LogP contribution in [0.25, 0.3) is 0 Å². The van der Waals surface area contributed by atoms with E-state index in [1.165, 1.54) is 12.1 Å². The molecule has 21 heavy (non-hydrogen) atoms. The van der Waals surface area contributed by atoms with E-state index in [4.69, 9.17) is 5.26 Å². The van der Waals surface area contributed by atoms with Gasteiger partial charge in [0, 0.05) is 5.69 Å². The maximum absolute atomic E-state index is 13.1. The smallest absolute Gasteiger partial charge is 0.123 e. The lowest BCUT2D eigenvalue weighted by Gasteiger charge is -2.20. The molecule has 0 amide bonds. The fourth-order valence-electron chi connectivity index (χ4n) is 2.31. The molecule has 0 heterocycles. The number of unbranched alkanes of at least 4 members (excludes halogenated alkanes) is 1. The number of nitrogens with zero attached hydrogens (tertiary/aromatic N) is 1. The van der Waals surface area contributed by atoms with Gasteiger partial charge in [-0.1, -0.05) is 38.0 Å². The Balaban J connectivity index is 2.19. The lowest BCUT2D eigenvalue weighted by molar-refractivity contribution is 0.616. The summed E-state index contributed by atoms with van der Waals surface area (Å²) in [6.45, 7) is 2.15. The number of hydrogen-bond acceptors (Lipinski definition) is 2. The van der Waals surface area contributed by atoms with Crippen molar-refractivity contribution in [2.75, 3.05) is 5.32 Å². The highest BCUT2D eigenvalue weighted by molar-refractivity contribution is 5.50. The van der Waals surface area contributed by atoms with Gasteiger partial charge < -0.3 is 5.32 Å². The van der Waals surface area contributed by atoms with Gasteiger partial charge in [-0.25, -0.2) is 4.39 Å². The lowest BCUT2D eigenvalue weighted by atomic mass is 10.0. The Morgan fingerprint density at radius 1 is 1.19 bits per heavy atom. The van der Waals surface area contributed by atoms with Crippen molar-refractivity contribution in [1.29, 1.82) is 5.26 Å². The average molecular weight is 282 g/mol.